The average Bonchev–Trinajstić information content (AvgIpc) is 2.37. The van der Waals surface area contributed by atoms with Crippen LogP contribution in [0, 0.1) is 12.3 Å². The smallest absolute Gasteiger partial charge is 0.250 e. The van der Waals surface area contributed by atoms with Crippen molar-refractivity contribution in [3.05, 3.63) is 28.2 Å². The second kappa shape index (κ2) is 5.44. The lowest BCUT2D eigenvalue weighted by atomic mass is 9.84. The van der Waals surface area contributed by atoms with Crippen molar-refractivity contribution < 1.29 is 9.59 Å². The molecule has 2 amide bonds. The molecule has 1 aliphatic rings. The van der Waals surface area contributed by atoms with Crippen LogP contribution in [0.5, 0.6) is 0 Å². The van der Waals surface area contributed by atoms with Crippen LogP contribution in [0.3, 0.4) is 0 Å². The van der Waals surface area contributed by atoms with E-state index in [0.717, 1.165) is 15.7 Å². The first-order chi connectivity index (χ1) is 9.62. The Kier molecular flexibility index (Phi) is 4.15. The fourth-order valence-corrected chi connectivity index (χ4v) is 2.81. The van der Waals surface area contributed by atoms with Crippen molar-refractivity contribution in [2.24, 2.45) is 5.41 Å². The van der Waals surface area contributed by atoms with Crippen molar-refractivity contribution >= 4 is 33.4 Å². The maximum absolute atomic E-state index is 12.8. The van der Waals surface area contributed by atoms with Gasteiger partial charge in [0, 0.05) is 10.2 Å². The monoisotopic (exact) mass is 352 g/mol. The molecule has 21 heavy (non-hydrogen) atoms. The van der Waals surface area contributed by atoms with E-state index >= 15 is 0 Å². The quantitative estimate of drug-likeness (QED) is 0.844. The summed E-state index contributed by atoms with van der Waals surface area (Å²) in [5.74, 6) is -0.184. The third-order valence-electron chi connectivity index (χ3n) is 3.84. The number of nitrogens with zero attached hydrogens (tertiary/aromatic N) is 1. The molecule has 1 N–H and O–H groups in total. The molecule has 1 heterocycles. The Labute approximate surface area is 134 Å². The van der Waals surface area contributed by atoms with Gasteiger partial charge in [0.15, 0.2) is 0 Å². The summed E-state index contributed by atoms with van der Waals surface area (Å²) >= 11 is 3.48. The molecule has 0 saturated carbocycles. The summed E-state index contributed by atoms with van der Waals surface area (Å²) in [6.45, 7) is 9.60. The van der Waals surface area contributed by atoms with Gasteiger partial charge in [0.05, 0.1) is 0 Å². The number of hydrogen-bond donors (Lipinski definition) is 1. The van der Waals surface area contributed by atoms with Gasteiger partial charge in [-0.3, -0.25) is 14.5 Å². The van der Waals surface area contributed by atoms with Gasteiger partial charge in [-0.15, -0.1) is 0 Å². The standard InChI is InChI=1S/C16H21BrN2O2/c1-9-6-7-11(8-12(9)17)19-10(2)14(20)18-13(15(19)21)16(3,4)5/h6-8,10,13H,1-5H3,(H,18,20). The van der Waals surface area contributed by atoms with Gasteiger partial charge in [0.1, 0.15) is 12.1 Å². The van der Waals surface area contributed by atoms with E-state index in [4.69, 9.17) is 0 Å². The van der Waals surface area contributed by atoms with Crippen molar-refractivity contribution in [2.75, 3.05) is 4.90 Å². The van der Waals surface area contributed by atoms with Crippen molar-refractivity contribution in [1.82, 2.24) is 5.32 Å². The average molecular weight is 353 g/mol. The minimum atomic E-state index is -0.513. The van der Waals surface area contributed by atoms with Gasteiger partial charge in [-0.25, -0.2) is 0 Å². The van der Waals surface area contributed by atoms with Crippen LogP contribution < -0.4 is 10.2 Å². The number of rotatable bonds is 1. The Morgan fingerprint density at radius 2 is 1.86 bits per heavy atom. The number of anilines is 1. The van der Waals surface area contributed by atoms with Crippen molar-refractivity contribution in [2.45, 2.75) is 46.7 Å². The number of amides is 2. The Morgan fingerprint density at radius 1 is 1.24 bits per heavy atom. The predicted molar refractivity (Wildman–Crippen MR) is 87.2 cm³/mol. The molecule has 0 bridgehead atoms. The highest BCUT2D eigenvalue weighted by Gasteiger charge is 2.44. The molecular weight excluding hydrogens is 332 g/mol. The maximum Gasteiger partial charge on any atom is 0.250 e. The number of carbonyl (C=O) groups is 2. The van der Waals surface area contributed by atoms with Crippen molar-refractivity contribution in [3.8, 4) is 0 Å². The van der Waals surface area contributed by atoms with E-state index in [9.17, 15) is 9.59 Å². The number of hydrogen-bond acceptors (Lipinski definition) is 2. The molecule has 1 aromatic rings. The molecule has 1 fully saturated rings. The van der Waals surface area contributed by atoms with Crippen LogP contribution in [0.15, 0.2) is 22.7 Å². The maximum atomic E-state index is 12.8. The zero-order chi connectivity index (χ0) is 15.9. The number of piperazine rings is 1. The van der Waals surface area contributed by atoms with E-state index < -0.39 is 12.1 Å². The lowest BCUT2D eigenvalue weighted by Crippen LogP contribution is -2.66. The van der Waals surface area contributed by atoms with Crippen LogP contribution >= 0.6 is 15.9 Å². The van der Waals surface area contributed by atoms with E-state index in [0.29, 0.717) is 0 Å². The summed E-state index contributed by atoms with van der Waals surface area (Å²) in [6, 6.07) is 4.69. The first kappa shape index (κ1) is 16.0. The third-order valence-corrected chi connectivity index (χ3v) is 4.69. The van der Waals surface area contributed by atoms with E-state index in [2.05, 4.69) is 21.2 Å². The second-order valence-electron chi connectivity index (χ2n) is 6.63. The van der Waals surface area contributed by atoms with Crippen LogP contribution in [-0.2, 0) is 9.59 Å². The SMILES string of the molecule is Cc1ccc(N2C(=O)C(C(C)(C)C)NC(=O)C2C)cc1Br. The third kappa shape index (κ3) is 2.98. The summed E-state index contributed by atoms with van der Waals surface area (Å²) in [6.07, 6.45) is 0. The summed E-state index contributed by atoms with van der Waals surface area (Å²) in [7, 11) is 0. The highest BCUT2D eigenvalue weighted by molar-refractivity contribution is 9.10. The molecule has 2 atom stereocenters. The van der Waals surface area contributed by atoms with Gasteiger partial charge in [0.2, 0.25) is 5.91 Å². The summed E-state index contributed by atoms with van der Waals surface area (Å²) < 4.78 is 0.929. The van der Waals surface area contributed by atoms with Crippen LogP contribution in [0.2, 0.25) is 0 Å². The Hall–Kier alpha value is -1.36. The summed E-state index contributed by atoms with van der Waals surface area (Å²) in [5.41, 5.74) is 1.51. The molecule has 0 radical (unpaired) electrons. The summed E-state index contributed by atoms with van der Waals surface area (Å²) in [4.78, 5) is 26.6. The Balaban J connectivity index is 2.46. The molecule has 4 nitrogen and oxygen atoms in total. The van der Waals surface area contributed by atoms with Gasteiger partial charge >= 0.3 is 0 Å². The topological polar surface area (TPSA) is 49.4 Å². The molecule has 1 saturated heterocycles. The van der Waals surface area contributed by atoms with E-state index in [-0.39, 0.29) is 17.2 Å². The first-order valence-electron chi connectivity index (χ1n) is 7.02. The van der Waals surface area contributed by atoms with Crippen LogP contribution in [0.1, 0.15) is 33.3 Å². The molecule has 0 spiro atoms. The lowest BCUT2D eigenvalue weighted by molar-refractivity contribution is -0.136. The van der Waals surface area contributed by atoms with Gasteiger partial charge < -0.3 is 5.32 Å². The van der Waals surface area contributed by atoms with Gasteiger partial charge in [0.25, 0.3) is 5.91 Å². The molecule has 2 unspecified atom stereocenters. The molecular formula is C16H21BrN2O2. The lowest BCUT2D eigenvalue weighted by Gasteiger charge is -2.42. The molecule has 2 rings (SSSR count). The van der Waals surface area contributed by atoms with Gasteiger partial charge in [-0.1, -0.05) is 42.8 Å². The number of benzene rings is 1. The second-order valence-corrected chi connectivity index (χ2v) is 7.48. The van der Waals surface area contributed by atoms with Crippen LogP contribution in [0.25, 0.3) is 0 Å². The molecule has 0 aliphatic carbocycles. The molecule has 1 aliphatic heterocycles. The zero-order valence-electron chi connectivity index (χ0n) is 13.0. The zero-order valence-corrected chi connectivity index (χ0v) is 14.6. The largest absolute Gasteiger partial charge is 0.342 e. The minimum absolute atomic E-state index is 0.0645. The fourth-order valence-electron chi connectivity index (χ4n) is 2.44. The highest BCUT2D eigenvalue weighted by atomic mass is 79.9. The first-order valence-corrected chi connectivity index (χ1v) is 7.82. The van der Waals surface area contributed by atoms with E-state index in [1.165, 1.54) is 0 Å². The van der Waals surface area contributed by atoms with Gasteiger partial charge in [-0.05, 0) is 37.0 Å². The number of carbonyl (C=O) groups excluding carboxylic acids is 2. The highest BCUT2D eigenvalue weighted by Crippen LogP contribution is 2.31. The van der Waals surface area contributed by atoms with E-state index in [1.807, 2.05) is 45.9 Å². The molecule has 5 heteroatoms. The normalized spacial score (nSPS) is 23.2. The molecule has 1 aromatic carbocycles. The number of aryl methyl sites for hydroxylation is 1. The van der Waals surface area contributed by atoms with Crippen molar-refractivity contribution in [1.29, 1.82) is 0 Å². The van der Waals surface area contributed by atoms with Crippen molar-refractivity contribution in [3.63, 3.8) is 0 Å². The molecule has 0 aromatic heterocycles. The van der Waals surface area contributed by atoms with Gasteiger partial charge in [-0.2, -0.15) is 0 Å². The minimum Gasteiger partial charge on any atom is -0.342 e. The van der Waals surface area contributed by atoms with Crippen LogP contribution in [0.4, 0.5) is 5.69 Å². The number of nitrogens with one attached hydrogen (secondary N) is 1. The Bertz CT molecular complexity index is 592. The predicted octanol–water partition coefficient (Wildman–Crippen LogP) is 3.02. The number of halogens is 1. The summed E-state index contributed by atoms with van der Waals surface area (Å²) in [5, 5.41) is 2.84. The fraction of sp³-hybridized carbons (Fsp3) is 0.500. The Morgan fingerprint density at radius 3 is 2.38 bits per heavy atom. The molecule has 114 valence electrons. The van der Waals surface area contributed by atoms with E-state index in [1.54, 1.807) is 11.8 Å². The van der Waals surface area contributed by atoms with Crippen LogP contribution in [-0.4, -0.2) is 23.9 Å².